The Kier molecular flexibility index (Phi) is 10.3. The van der Waals surface area contributed by atoms with Crippen molar-refractivity contribution >= 4 is 46.6 Å². The summed E-state index contributed by atoms with van der Waals surface area (Å²) in [5.74, 6) is -3.15. The van der Waals surface area contributed by atoms with Crippen molar-refractivity contribution in [1.82, 2.24) is 0 Å². The van der Waals surface area contributed by atoms with Gasteiger partial charge in [0, 0.05) is 17.1 Å². The molecule has 0 unspecified atom stereocenters. The molecular formula is C33H33N4O8+. The highest BCUT2D eigenvalue weighted by molar-refractivity contribution is 5.96. The lowest BCUT2D eigenvalue weighted by atomic mass is 9.91. The van der Waals surface area contributed by atoms with Crippen LogP contribution in [0.15, 0.2) is 97.1 Å². The molecule has 232 valence electrons. The van der Waals surface area contributed by atoms with E-state index in [1.165, 1.54) is 42.5 Å². The number of para-hydroxylation sites is 3. The largest absolute Gasteiger partial charge is 0.461 e. The summed E-state index contributed by atoms with van der Waals surface area (Å²) < 4.78 is 22.4. The summed E-state index contributed by atoms with van der Waals surface area (Å²) in [7, 11) is 0. The van der Waals surface area contributed by atoms with Crippen molar-refractivity contribution in [3.05, 3.63) is 119 Å². The Balaban J connectivity index is 1.65. The first kappa shape index (κ1) is 32.0. The van der Waals surface area contributed by atoms with Crippen molar-refractivity contribution in [3.8, 4) is 0 Å². The van der Waals surface area contributed by atoms with E-state index in [2.05, 4.69) is 5.73 Å². The SMILES string of the molecule is Nc1ccccc1C(=O)OCC(COC(=O)c1ccccc1N)(COC(=O)c1ccccc1N)COC(=O)c1ccccc1[NH3+]. The minimum Gasteiger partial charge on any atom is -0.461 e. The van der Waals surface area contributed by atoms with Crippen LogP contribution in [0.3, 0.4) is 0 Å². The molecule has 0 spiro atoms. The fourth-order valence-corrected chi connectivity index (χ4v) is 4.20. The molecule has 0 saturated heterocycles. The topological polar surface area (TPSA) is 211 Å². The first-order chi connectivity index (χ1) is 21.6. The monoisotopic (exact) mass is 613 g/mol. The minimum atomic E-state index is -1.59. The number of nitrogen functional groups attached to an aromatic ring is 3. The standard InChI is InChI=1S/C33H32N4O8/c34-25-13-5-1-9-21(25)29(38)42-17-33(18-43-30(39)22-10-2-6-14-26(22)35,19-44-31(40)23-11-3-7-15-27(23)36)20-45-32(41)24-12-4-8-16-28(24)37/h1-16H,17-20,34-37H2/p+1. The van der Waals surface area contributed by atoms with Gasteiger partial charge in [0.15, 0.2) is 0 Å². The molecule has 0 radical (unpaired) electrons. The van der Waals surface area contributed by atoms with Gasteiger partial charge < -0.3 is 41.9 Å². The van der Waals surface area contributed by atoms with Crippen molar-refractivity contribution in [2.24, 2.45) is 5.41 Å². The Hall–Kier alpha value is -5.88. The molecule has 0 heterocycles. The summed E-state index contributed by atoms with van der Waals surface area (Å²) in [5.41, 5.74) is 21.5. The van der Waals surface area contributed by atoms with E-state index in [-0.39, 0.29) is 39.3 Å². The number of carbonyl (C=O) groups is 4. The molecular weight excluding hydrogens is 580 g/mol. The second kappa shape index (κ2) is 14.5. The Morgan fingerprint density at radius 3 is 1.04 bits per heavy atom. The van der Waals surface area contributed by atoms with Gasteiger partial charge in [0.05, 0.1) is 16.7 Å². The van der Waals surface area contributed by atoms with Gasteiger partial charge in [-0.05, 0) is 48.5 Å². The van der Waals surface area contributed by atoms with Crippen LogP contribution < -0.4 is 22.9 Å². The maximum absolute atomic E-state index is 13.1. The van der Waals surface area contributed by atoms with E-state index < -0.39 is 55.7 Å². The van der Waals surface area contributed by atoms with Crippen molar-refractivity contribution in [2.75, 3.05) is 43.6 Å². The molecule has 12 nitrogen and oxygen atoms in total. The quantitative estimate of drug-likeness (QED) is 0.104. The molecule has 0 aliphatic heterocycles. The molecule has 0 aliphatic rings. The van der Waals surface area contributed by atoms with Crippen molar-refractivity contribution in [2.45, 2.75) is 0 Å². The Bertz CT molecular complexity index is 1460. The fourth-order valence-electron chi connectivity index (χ4n) is 4.20. The van der Waals surface area contributed by atoms with Crippen LogP contribution in [0.2, 0.25) is 0 Å². The number of quaternary nitrogens is 1. The highest BCUT2D eigenvalue weighted by Gasteiger charge is 2.39. The average Bonchev–Trinajstić information content (AvgIpc) is 3.04. The third-order valence-electron chi connectivity index (χ3n) is 6.82. The second-order valence-corrected chi connectivity index (χ2v) is 10.2. The zero-order chi connectivity index (χ0) is 32.4. The number of benzene rings is 4. The third-order valence-corrected chi connectivity index (χ3v) is 6.82. The molecule has 0 aliphatic carbocycles. The summed E-state index contributed by atoms with van der Waals surface area (Å²) in [4.78, 5) is 52.3. The molecule has 0 saturated carbocycles. The van der Waals surface area contributed by atoms with Crippen molar-refractivity contribution in [1.29, 1.82) is 0 Å². The molecule has 4 aromatic carbocycles. The van der Waals surface area contributed by atoms with Crippen LogP contribution in [0.1, 0.15) is 41.4 Å². The maximum atomic E-state index is 13.1. The van der Waals surface area contributed by atoms with Gasteiger partial charge in [-0.25, -0.2) is 19.2 Å². The zero-order valence-corrected chi connectivity index (χ0v) is 24.3. The van der Waals surface area contributed by atoms with Gasteiger partial charge in [-0.15, -0.1) is 0 Å². The van der Waals surface area contributed by atoms with Gasteiger partial charge in [-0.3, -0.25) is 0 Å². The molecule has 45 heavy (non-hydrogen) atoms. The van der Waals surface area contributed by atoms with Gasteiger partial charge in [-0.2, -0.15) is 0 Å². The molecule has 4 aromatic rings. The first-order valence-electron chi connectivity index (χ1n) is 13.7. The number of nitrogens with two attached hydrogens (primary N) is 3. The summed E-state index contributed by atoms with van der Waals surface area (Å²) in [6, 6.07) is 25.3. The van der Waals surface area contributed by atoms with Crippen LogP contribution in [0.4, 0.5) is 22.7 Å². The minimum absolute atomic E-state index is 0.0810. The van der Waals surface area contributed by atoms with E-state index >= 15 is 0 Å². The van der Waals surface area contributed by atoms with Crippen LogP contribution in [0.25, 0.3) is 0 Å². The van der Waals surface area contributed by atoms with Crippen molar-refractivity contribution < 1.29 is 43.9 Å². The smallest absolute Gasteiger partial charge is 0.344 e. The molecule has 9 N–H and O–H groups in total. The van der Waals surface area contributed by atoms with Gasteiger partial charge in [-0.1, -0.05) is 48.5 Å². The summed E-state index contributed by atoms with van der Waals surface area (Å²) in [5, 5.41) is 0. The van der Waals surface area contributed by atoms with Crippen LogP contribution in [-0.4, -0.2) is 50.3 Å². The molecule has 0 aromatic heterocycles. The van der Waals surface area contributed by atoms with E-state index in [9.17, 15) is 19.2 Å². The molecule has 12 heteroatoms. The fraction of sp³-hybridized carbons (Fsp3) is 0.152. The summed E-state index contributed by atoms with van der Waals surface area (Å²) in [6.07, 6.45) is 0. The van der Waals surface area contributed by atoms with E-state index in [0.29, 0.717) is 5.69 Å². The van der Waals surface area contributed by atoms with E-state index in [1.54, 1.807) is 54.6 Å². The van der Waals surface area contributed by atoms with Gasteiger partial charge >= 0.3 is 23.9 Å². The highest BCUT2D eigenvalue weighted by Crippen LogP contribution is 2.26. The maximum Gasteiger partial charge on any atom is 0.344 e. The van der Waals surface area contributed by atoms with Crippen LogP contribution in [-0.2, 0) is 18.9 Å². The Labute approximate surface area is 258 Å². The van der Waals surface area contributed by atoms with E-state index in [0.717, 1.165) is 0 Å². The predicted octanol–water partition coefficient (Wildman–Crippen LogP) is 3.02. The summed E-state index contributed by atoms with van der Waals surface area (Å²) in [6.45, 7) is -2.06. The zero-order valence-electron chi connectivity index (χ0n) is 24.3. The third kappa shape index (κ3) is 8.15. The number of carbonyl (C=O) groups excluding carboxylic acids is 4. The number of esters is 4. The molecule has 0 amide bonds. The molecule has 0 bridgehead atoms. The lowest BCUT2D eigenvalue weighted by Gasteiger charge is -2.31. The number of hydrogen-bond acceptors (Lipinski definition) is 11. The van der Waals surface area contributed by atoms with Crippen molar-refractivity contribution in [3.63, 3.8) is 0 Å². The van der Waals surface area contributed by atoms with Gasteiger partial charge in [0.1, 0.15) is 43.1 Å². The Morgan fingerprint density at radius 1 is 0.467 bits per heavy atom. The highest BCUT2D eigenvalue weighted by atomic mass is 16.6. The van der Waals surface area contributed by atoms with E-state index in [1.807, 2.05) is 0 Å². The number of anilines is 3. The lowest BCUT2D eigenvalue weighted by molar-refractivity contribution is -0.255. The number of hydrogen-bond donors (Lipinski definition) is 4. The molecule has 0 atom stereocenters. The first-order valence-corrected chi connectivity index (χ1v) is 13.7. The van der Waals surface area contributed by atoms with Gasteiger partial charge in [0.2, 0.25) is 0 Å². The Morgan fingerprint density at radius 2 is 0.733 bits per heavy atom. The second-order valence-electron chi connectivity index (χ2n) is 10.2. The normalized spacial score (nSPS) is 10.9. The average molecular weight is 614 g/mol. The molecule has 4 rings (SSSR count). The predicted molar refractivity (Wildman–Crippen MR) is 165 cm³/mol. The van der Waals surface area contributed by atoms with Gasteiger partial charge in [0.25, 0.3) is 0 Å². The van der Waals surface area contributed by atoms with Crippen LogP contribution in [0.5, 0.6) is 0 Å². The van der Waals surface area contributed by atoms with E-state index in [4.69, 9.17) is 36.1 Å². The molecule has 0 fully saturated rings. The number of rotatable bonds is 12. The van der Waals surface area contributed by atoms with Crippen LogP contribution in [0, 0.1) is 5.41 Å². The summed E-state index contributed by atoms with van der Waals surface area (Å²) >= 11 is 0. The lowest BCUT2D eigenvalue weighted by Crippen LogP contribution is -2.45. The number of ether oxygens (including phenoxy) is 4. The van der Waals surface area contributed by atoms with Crippen LogP contribution >= 0.6 is 0 Å².